The zero-order chi connectivity index (χ0) is 15.6. The molecule has 3 aromatic rings. The molecule has 0 radical (unpaired) electrons. The first kappa shape index (κ1) is 13.7. The Balaban J connectivity index is 1.70. The lowest BCUT2D eigenvalue weighted by Crippen LogP contribution is -2.09. The first-order valence-electron chi connectivity index (χ1n) is 7.85. The first-order chi connectivity index (χ1) is 11.3. The van der Waals surface area contributed by atoms with Crippen molar-refractivity contribution >= 4 is 16.5 Å². The first-order valence-corrected chi connectivity index (χ1v) is 7.85. The Kier molecular flexibility index (Phi) is 3.40. The van der Waals surface area contributed by atoms with Crippen molar-refractivity contribution in [3.8, 4) is 6.07 Å². The summed E-state index contributed by atoms with van der Waals surface area (Å²) < 4.78 is 0. The minimum Gasteiger partial charge on any atom is -0.270 e. The number of hydrogen-bond acceptors (Lipinski definition) is 2. The van der Waals surface area contributed by atoms with Gasteiger partial charge in [0.05, 0.1) is 6.07 Å². The van der Waals surface area contributed by atoms with Gasteiger partial charge in [0, 0.05) is 11.6 Å². The van der Waals surface area contributed by atoms with Crippen molar-refractivity contribution < 1.29 is 0 Å². The standard InChI is InChI=1S/C21H16N2/c22-14-21-19(16-7-2-1-3-8-16)13-20(23-21)18-11-10-15-6-4-5-9-17(15)12-18/h1-12,19,21H,13H2/t19-,21?/m1/s1. The molecule has 0 bridgehead atoms. The van der Waals surface area contributed by atoms with Gasteiger partial charge in [0.15, 0.2) is 0 Å². The molecule has 0 fully saturated rings. The van der Waals surface area contributed by atoms with Gasteiger partial charge in [-0.1, -0.05) is 66.7 Å². The van der Waals surface area contributed by atoms with Crippen LogP contribution in [0.3, 0.4) is 0 Å². The molecular weight excluding hydrogens is 280 g/mol. The molecule has 0 amide bonds. The van der Waals surface area contributed by atoms with E-state index < -0.39 is 0 Å². The average molecular weight is 296 g/mol. The molecule has 0 saturated carbocycles. The van der Waals surface area contributed by atoms with Crippen LogP contribution in [0.25, 0.3) is 10.8 Å². The predicted molar refractivity (Wildman–Crippen MR) is 93.7 cm³/mol. The number of fused-ring (bicyclic) bond motifs is 1. The third kappa shape index (κ3) is 2.51. The molecule has 0 aliphatic carbocycles. The summed E-state index contributed by atoms with van der Waals surface area (Å²) in [5.74, 6) is 0.155. The number of nitriles is 1. The van der Waals surface area contributed by atoms with Gasteiger partial charge in [-0.2, -0.15) is 5.26 Å². The van der Waals surface area contributed by atoms with E-state index in [0.717, 1.165) is 17.7 Å². The molecule has 1 heterocycles. The number of benzene rings is 3. The van der Waals surface area contributed by atoms with Crippen LogP contribution in [0.2, 0.25) is 0 Å². The van der Waals surface area contributed by atoms with Gasteiger partial charge in [0.1, 0.15) is 6.04 Å². The van der Waals surface area contributed by atoms with Gasteiger partial charge < -0.3 is 0 Å². The topological polar surface area (TPSA) is 36.1 Å². The Hall–Kier alpha value is -2.92. The Morgan fingerprint density at radius 2 is 1.61 bits per heavy atom. The zero-order valence-corrected chi connectivity index (χ0v) is 12.7. The summed E-state index contributed by atoms with van der Waals surface area (Å²) in [6.45, 7) is 0. The van der Waals surface area contributed by atoms with Crippen LogP contribution in [0, 0.1) is 11.3 Å². The molecule has 23 heavy (non-hydrogen) atoms. The Labute approximate surface area is 135 Å². The number of hydrogen-bond donors (Lipinski definition) is 0. The molecule has 1 aliphatic rings. The van der Waals surface area contributed by atoms with E-state index in [1.54, 1.807) is 0 Å². The molecule has 2 heteroatoms. The van der Waals surface area contributed by atoms with Crippen LogP contribution in [-0.2, 0) is 0 Å². The second kappa shape index (κ2) is 5.70. The van der Waals surface area contributed by atoms with E-state index in [1.807, 2.05) is 30.3 Å². The minimum atomic E-state index is -0.293. The zero-order valence-electron chi connectivity index (χ0n) is 12.7. The van der Waals surface area contributed by atoms with E-state index in [-0.39, 0.29) is 12.0 Å². The molecule has 1 unspecified atom stereocenters. The maximum absolute atomic E-state index is 9.48. The largest absolute Gasteiger partial charge is 0.270 e. The fourth-order valence-electron chi connectivity index (χ4n) is 3.31. The van der Waals surface area contributed by atoms with Crippen LogP contribution in [0.4, 0.5) is 0 Å². The number of aliphatic imine (C=N–C) groups is 1. The molecule has 2 atom stereocenters. The maximum Gasteiger partial charge on any atom is 0.144 e. The van der Waals surface area contributed by atoms with Gasteiger partial charge in [-0.25, -0.2) is 0 Å². The summed E-state index contributed by atoms with van der Waals surface area (Å²) in [6.07, 6.45) is 0.820. The Bertz CT molecular complexity index is 919. The van der Waals surface area contributed by atoms with Gasteiger partial charge >= 0.3 is 0 Å². The second-order valence-electron chi connectivity index (χ2n) is 5.93. The fourth-order valence-corrected chi connectivity index (χ4v) is 3.31. The molecular formula is C21H16N2. The molecule has 0 saturated heterocycles. The van der Waals surface area contributed by atoms with Crippen LogP contribution in [-0.4, -0.2) is 11.8 Å². The highest BCUT2D eigenvalue weighted by Gasteiger charge is 2.30. The molecule has 0 spiro atoms. The van der Waals surface area contributed by atoms with E-state index in [0.29, 0.717) is 0 Å². The van der Waals surface area contributed by atoms with Gasteiger partial charge in [0.25, 0.3) is 0 Å². The Morgan fingerprint density at radius 1 is 0.870 bits per heavy atom. The molecule has 110 valence electrons. The molecule has 0 aromatic heterocycles. The van der Waals surface area contributed by atoms with Crippen molar-refractivity contribution in [2.24, 2.45) is 4.99 Å². The van der Waals surface area contributed by atoms with E-state index in [1.165, 1.54) is 16.3 Å². The van der Waals surface area contributed by atoms with Crippen molar-refractivity contribution in [2.75, 3.05) is 0 Å². The van der Waals surface area contributed by atoms with Gasteiger partial charge in [0.2, 0.25) is 0 Å². The lowest BCUT2D eigenvalue weighted by molar-refractivity contribution is 0.687. The summed E-state index contributed by atoms with van der Waals surface area (Å²) in [4.78, 5) is 4.70. The van der Waals surface area contributed by atoms with Gasteiger partial charge in [-0.3, -0.25) is 4.99 Å². The lowest BCUT2D eigenvalue weighted by atomic mass is 9.89. The van der Waals surface area contributed by atoms with Crippen LogP contribution in [0.15, 0.2) is 77.8 Å². The number of nitrogens with zero attached hydrogens (tertiary/aromatic N) is 2. The summed E-state index contributed by atoms with van der Waals surface area (Å²) in [5.41, 5.74) is 3.36. The van der Waals surface area contributed by atoms with Crippen LogP contribution >= 0.6 is 0 Å². The van der Waals surface area contributed by atoms with E-state index >= 15 is 0 Å². The number of rotatable bonds is 2. The summed E-state index contributed by atoms with van der Waals surface area (Å²) >= 11 is 0. The quantitative estimate of drug-likeness (QED) is 0.674. The SMILES string of the molecule is N#CC1N=C(c2ccc3ccccc3c2)C[C@@H]1c1ccccc1. The molecule has 0 N–H and O–H groups in total. The van der Waals surface area contributed by atoms with E-state index in [4.69, 9.17) is 4.99 Å². The van der Waals surface area contributed by atoms with Crippen LogP contribution < -0.4 is 0 Å². The van der Waals surface area contributed by atoms with Gasteiger partial charge in [-0.05, 0) is 34.4 Å². The third-order valence-electron chi connectivity index (χ3n) is 4.53. The van der Waals surface area contributed by atoms with E-state index in [9.17, 15) is 5.26 Å². The average Bonchev–Trinajstić information content (AvgIpc) is 3.06. The fraction of sp³-hybridized carbons (Fsp3) is 0.143. The Morgan fingerprint density at radius 3 is 2.39 bits per heavy atom. The van der Waals surface area contributed by atoms with Crippen molar-refractivity contribution in [1.82, 2.24) is 0 Å². The normalized spacial score (nSPS) is 20.2. The molecule has 4 rings (SSSR count). The van der Waals surface area contributed by atoms with Crippen molar-refractivity contribution in [1.29, 1.82) is 5.26 Å². The van der Waals surface area contributed by atoms with E-state index in [2.05, 4.69) is 48.5 Å². The summed E-state index contributed by atoms with van der Waals surface area (Å²) in [5, 5.41) is 11.9. The second-order valence-corrected chi connectivity index (χ2v) is 5.93. The van der Waals surface area contributed by atoms with Crippen LogP contribution in [0.1, 0.15) is 23.5 Å². The molecule has 1 aliphatic heterocycles. The van der Waals surface area contributed by atoms with Crippen molar-refractivity contribution in [3.63, 3.8) is 0 Å². The lowest BCUT2D eigenvalue weighted by Gasteiger charge is -2.12. The molecule has 3 aromatic carbocycles. The monoisotopic (exact) mass is 296 g/mol. The predicted octanol–water partition coefficient (Wildman–Crippen LogP) is 4.71. The minimum absolute atomic E-state index is 0.155. The van der Waals surface area contributed by atoms with Crippen LogP contribution in [0.5, 0.6) is 0 Å². The highest BCUT2D eigenvalue weighted by molar-refractivity contribution is 6.05. The maximum atomic E-state index is 9.48. The third-order valence-corrected chi connectivity index (χ3v) is 4.53. The van der Waals surface area contributed by atoms with Gasteiger partial charge in [-0.15, -0.1) is 0 Å². The summed E-state index contributed by atoms with van der Waals surface area (Å²) in [6, 6.07) is 27.1. The van der Waals surface area contributed by atoms with Crippen molar-refractivity contribution in [3.05, 3.63) is 83.9 Å². The van der Waals surface area contributed by atoms with Crippen molar-refractivity contribution in [2.45, 2.75) is 18.4 Å². The smallest absolute Gasteiger partial charge is 0.144 e. The highest BCUT2D eigenvalue weighted by Crippen LogP contribution is 2.33. The highest BCUT2D eigenvalue weighted by atomic mass is 14.8. The molecule has 2 nitrogen and oxygen atoms in total. The summed E-state index contributed by atoms with van der Waals surface area (Å²) in [7, 11) is 0.